The first-order valence-corrected chi connectivity index (χ1v) is 5.64. The van der Waals surface area contributed by atoms with Gasteiger partial charge < -0.3 is 10.1 Å². The molecule has 5 nitrogen and oxygen atoms in total. The summed E-state index contributed by atoms with van der Waals surface area (Å²) in [5, 5.41) is 2.77. The second-order valence-corrected chi connectivity index (χ2v) is 5.42. The van der Waals surface area contributed by atoms with E-state index in [4.69, 9.17) is 4.74 Å². The molecule has 2 saturated heterocycles. The van der Waals surface area contributed by atoms with E-state index in [2.05, 4.69) is 5.32 Å². The molecule has 90 valence electrons. The molecule has 0 aromatic rings. The Morgan fingerprint density at radius 2 is 2.12 bits per heavy atom. The van der Waals surface area contributed by atoms with E-state index in [1.807, 2.05) is 20.8 Å². The molecule has 2 fully saturated rings. The molecular formula is C11H18N2O3. The van der Waals surface area contributed by atoms with E-state index in [1.54, 1.807) is 4.90 Å². The molecule has 2 aliphatic rings. The maximum atomic E-state index is 11.9. The number of carbonyl (C=O) groups excluding carboxylic acids is 2. The molecule has 2 rings (SSSR count). The second kappa shape index (κ2) is 3.37. The van der Waals surface area contributed by atoms with Gasteiger partial charge in [-0.15, -0.1) is 0 Å². The van der Waals surface area contributed by atoms with Crippen molar-refractivity contribution >= 4 is 12.0 Å². The van der Waals surface area contributed by atoms with E-state index in [-0.39, 0.29) is 12.0 Å². The minimum atomic E-state index is -0.609. The number of likely N-dealkylation sites (tertiary alicyclic amines) is 1. The molecule has 1 unspecified atom stereocenters. The van der Waals surface area contributed by atoms with Crippen molar-refractivity contribution in [1.29, 1.82) is 0 Å². The van der Waals surface area contributed by atoms with Gasteiger partial charge in [0.25, 0.3) is 0 Å². The van der Waals surface area contributed by atoms with Crippen LogP contribution in [0.2, 0.25) is 0 Å². The maximum Gasteiger partial charge on any atom is 0.411 e. The van der Waals surface area contributed by atoms with Crippen LogP contribution in [-0.2, 0) is 9.53 Å². The average Bonchev–Trinajstić information content (AvgIpc) is 2.43. The highest BCUT2D eigenvalue weighted by atomic mass is 16.6. The summed E-state index contributed by atoms with van der Waals surface area (Å²) in [5.41, 5.74) is -1.12. The lowest BCUT2D eigenvalue weighted by molar-refractivity contribution is -0.137. The van der Waals surface area contributed by atoms with Crippen molar-refractivity contribution < 1.29 is 14.3 Å². The zero-order valence-electron chi connectivity index (χ0n) is 10.0. The van der Waals surface area contributed by atoms with Crippen LogP contribution in [0.5, 0.6) is 0 Å². The van der Waals surface area contributed by atoms with Crippen molar-refractivity contribution in [2.24, 2.45) is 0 Å². The highest BCUT2D eigenvalue weighted by Crippen LogP contribution is 2.37. The van der Waals surface area contributed by atoms with E-state index in [9.17, 15) is 9.59 Å². The summed E-state index contributed by atoms with van der Waals surface area (Å²) in [7, 11) is 0. The Balaban J connectivity index is 2.06. The molecule has 5 heteroatoms. The second-order valence-electron chi connectivity index (χ2n) is 5.42. The number of hydrogen-bond donors (Lipinski definition) is 1. The van der Waals surface area contributed by atoms with Crippen LogP contribution >= 0.6 is 0 Å². The first-order chi connectivity index (χ1) is 7.35. The topological polar surface area (TPSA) is 58.6 Å². The number of nitrogens with zero attached hydrogens (tertiary/aromatic N) is 1. The molecule has 0 aromatic carbocycles. The molecule has 1 N–H and O–H groups in total. The molecule has 2 amide bonds. The first kappa shape index (κ1) is 11.2. The van der Waals surface area contributed by atoms with E-state index in [0.29, 0.717) is 19.5 Å². The molecule has 2 aliphatic heterocycles. The first-order valence-electron chi connectivity index (χ1n) is 5.64. The molecule has 0 aliphatic carbocycles. The fraction of sp³-hybridized carbons (Fsp3) is 0.818. The number of carbonyl (C=O) groups is 2. The summed E-state index contributed by atoms with van der Waals surface area (Å²) in [5.74, 6) is -0.0374. The van der Waals surface area contributed by atoms with Crippen LogP contribution in [0.3, 0.4) is 0 Å². The lowest BCUT2D eigenvalue weighted by Gasteiger charge is -2.48. The third-order valence-electron chi connectivity index (χ3n) is 3.13. The number of ether oxygens (including phenoxy) is 1. The summed E-state index contributed by atoms with van der Waals surface area (Å²) in [4.78, 5) is 25.1. The highest BCUT2D eigenvalue weighted by molar-refractivity contribution is 5.93. The molecule has 0 aromatic heterocycles. The predicted octanol–water partition coefficient (Wildman–Crippen LogP) is 0.886. The maximum absolute atomic E-state index is 11.9. The van der Waals surface area contributed by atoms with Gasteiger partial charge in [0.15, 0.2) is 0 Å². The monoisotopic (exact) mass is 226 g/mol. The van der Waals surface area contributed by atoms with E-state index in [0.717, 1.165) is 6.42 Å². The predicted molar refractivity (Wildman–Crippen MR) is 57.9 cm³/mol. The zero-order chi connectivity index (χ0) is 12.0. The Morgan fingerprint density at radius 3 is 2.50 bits per heavy atom. The van der Waals surface area contributed by atoms with E-state index < -0.39 is 11.1 Å². The molecule has 1 atom stereocenters. The van der Waals surface area contributed by atoms with Gasteiger partial charge in [0.2, 0.25) is 5.91 Å². The molecule has 0 radical (unpaired) electrons. The van der Waals surface area contributed by atoms with Crippen LogP contribution < -0.4 is 5.32 Å². The van der Waals surface area contributed by atoms with Crippen molar-refractivity contribution in [3.05, 3.63) is 0 Å². The van der Waals surface area contributed by atoms with Crippen LogP contribution in [0.15, 0.2) is 0 Å². The van der Waals surface area contributed by atoms with Crippen LogP contribution in [0.25, 0.3) is 0 Å². The largest absolute Gasteiger partial charge is 0.444 e. The van der Waals surface area contributed by atoms with E-state index >= 15 is 0 Å². The number of rotatable bonds is 0. The van der Waals surface area contributed by atoms with Crippen LogP contribution in [0, 0.1) is 0 Å². The number of nitrogens with one attached hydrogen (secondary N) is 1. The standard InChI is InChI=1S/C11H18N2O3/c1-10(2,3)16-9(15)13-7-5-11(13)4-6-12-8(11)14/h4-7H2,1-3H3,(H,12,14). The van der Waals surface area contributed by atoms with Crippen molar-refractivity contribution in [1.82, 2.24) is 10.2 Å². The van der Waals surface area contributed by atoms with Crippen molar-refractivity contribution in [2.45, 2.75) is 44.8 Å². The quantitative estimate of drug-likeness (QED) is 0.667. The fourth-order valence-electron chi connectivity index (χ4n) is 2.23. The van der Waals surface area contributed by atoms with E-state index in [1.165, 1.54) is 0 Å². The lowest BCUT2D eigenvalue weighted by Crippen LogP contribution is -2.66. The van der Waals surface area contributed by atoms with Gasteiger partial charge in [0.1, 0.15) is 11.1 Å². The van der Waals surface area contributed by atoms with Gasteiger partial charge in [-0.3, -0.25) is 9.69 Å². The minimum Gasteiger partial charge on any atom is -0.444 e. The molecular weight excluding hydrogens is 208 g/mol. The van der Waals surface area contributed by atoms with Gasteiger partial charge in [-0.1, -0.05) is 0 Å². The Hall–Kier alpha value is -1.26. The van der Waals surface area contributed by atoms with Crippen molar-refractivity contribution in [3.63, 3.8) is 0 Å². The summed E-state index contributed by atoms with van der Waals surface area (Å²) in [6.07, 6.45) is 1.07. The highest BCUT2D eigenvalue weighted by Gasteiger charge is 2.56. The van der Waals surface area contributed by atoms with Gasteiger partial charge in [0.05, 0.1) is 0 Å². The Morgan fingerprint density at radius 1 is 1.44 bits per heavy atom. The molecule has 0 bridgehead atoms. The van der Waals surface area contributed by atoms with Gasteiger partial charge in [-0.25, -0.2) is 4.79 Å². The molecule has 2 heterocycles. The summed E-state index contributed by atoms with van der Waals surface area (Å²) in [6, 6.07) is 0. The smallest absolute Gasteiger partial charge is 0.411 e. The molecule has 16 heavy (non-hydrogen) atoms. The minimum absolute atomic E-state index is 0.0374. The normalized spacial score (nSPS) is 28.9. The SMILES string of the molecule is CC(C)(C)OC(=O)N1CCC12CCNC2=O. The average molecular weight is 226 g/mol. The van der Waals surface area contributed by atoms with Crippen molar-refractivity contribution in [3.8, 4) is 0 Å². The fourth-order valence-corrected chi connectivity index (χ4v) is 2.23. The zero-order valence-corrected chi connectivity index (χ0v) is 10.0. The van der Waals surface area contributed by atoms with Gasteiger partial charge >= 0.3 is 6.09 Å². The Kier molecular flexibility index (Phi) is 2.36. The molecule has 1 spiro atoms. The van der Waals surface area contributed by atoms with Gasteiger partial charge in [-0.05, 0) is 33.6 Å². The van der Waals surface area contributed by atoms with Gasteiger partial charge in [-0.2, -0.15) is 0 Å². The van der Waals surface area contributed by atoms with Crippen molar-refractivity contribution in [2.75, 3.05) is 13.1 Å². The molecule has 0 saturated carbocycles. The van der Waals surface area contributed by atoms with Gasteiger partial charge in [0, 0.05) is 13.1 Å². The number of amides is 2. The summed E-state index contributed by atoms with van der Waals surface area (Å²) < 4.78 is 5.28. The van der Waals surface area contributed by atoms with Crippen LogP contribution in [0.4, 0.5) is 4.79 Å². The summed E-state index contributed by atoms with van der Waals surface area (Å²) >= 11 is 0. The summed E-state index contributed by atoms with van der Waals surface area (Å²) in [6.45, 7) is 6.74. The van der Waals surface area contributed by atoms with Crippen LogP contribution in [0.1, 0.15) is 33.6 Å². The van der Waals surface area contributed by atoms with Crippen LogP contribution in [-0.4, -0.2) is 41.1 Å². The Bertz CT molecular complexity index is 335. The number of hydrogen-bond acceptors (Lipinski definition) is 3. The lowest BCUT2D eigenvalue weighted by atomic mass is 9.83. The third kappa shape index (κ3) is 1.64. The third-order valence-corrected chi connectivity index (χ3v) is 3.13. The Labute approximate surface area is 95.1 Å².